The molecule has 3 unspecified atom stereocenters. The van der Waals surface area contributed by atoms with Crippen LogP contribution in [0, 0.1) is 5.92 Å². The first kappa shape index (κ1) is 15.2. The molecule has 0 fully saturated rings. The van der Waals surface area contributed by atoms with Crippen molar-refractivity contribution in [3.05, 3.63) is 0 Å². The maximum Gasteiger partial charge on any atom is 0.128 e. The average molecular weight is 240 g/mol. The molecular formula is C9H20O5S. The van der Waals surface area contributed by atoms with Crippen molar-refractivity contribution in [3.8, 4) is 0 Å². The third kappa shape index (κ3) is 4.67. The minimum atomic E-state index is -1.46. The maximum atomic E-state index is 9.50. The third-order valence-electron chi connectivity index (χ3n) is 2.20. The quantitative estimate of drug-likeness (QED) is 0.357. The molecule has 5 atom stereocenters. The molecule has 0 aliphatic carbocycles. The van der Waals surface area contributed by atoms with Gasteiger partial charge in [-0.15, -0.1) is 11.8 Å². The largest absolute Gasteiger partial charge is 0.396 e. The fraction of sp³-hybridized carbons (Fsp3) is 1.00. The van der Waals surface area contributed by atoms with E-state index < -0.39 is 29.7 Å². The predicted octanol–water partition coefficient (Wildman–Crippen LogP) is -1.23. The summed E-state index contributed by atoms with van der Waals surface area (Å²) >= 11 is 1.08. The van der Waals surface area contributed by atoms with Crippen molar-refractivity contribution in [2.75, 3.05) is 12.4 Å². The van der Waals surface area contributed by atoms with Crippen LogP contribution in [0.5, 0.6) is 0 Å². The lowest BCUT2D eigenvalue weighted by atomic mass is 9.97. The summed E-state index contributed by atoms with van der Waals surface area (Å²) in [5.74, 6) is 0.0461. The molecule has 0 aliphatic heterocycles. The molecule has 0 aliphatic rings. The summed E-state index contributed by atoms with van der Waals surface area (Å²) in [7, 11) is 0. The highest BCUT2D eigenvalue weighted by molar-refractivity contribution is 7.99. The lowest BCUT2D eigenvalue weighted by Gasteiger charge is -2.28. The Morgan fingerprint density at radius 1 is 1.00 bits per heavy atom. The molecule has 0 saturated carbocycles. The van der Waals surface area contributed by atoms with Gasteiger partial charge in [0.15, 0.2) is 0 Å². The van der Waals surface area contributed by atoms with E-state index >= 15 is 0 Å². The zero-order valence-electron chi connectivity index (χ0n) is 8.95. The van der Waals surface area contributed by atoms with Crippen LogP contribution >= 0.6 is 11.8 Å². The highest BCUT2D eigenvalue weighted by Crippen LogP contribution is 2.18. The van der Waals surface area contributed by atoms with Gasteiger partial charge in [0.2, 0.25) is 0 Å². The van der Waals surface area contributed by atoms with Crippen LogP contribution in [0.3, 0.4) is 0 Å². The lowest BCUT2D eigenvalue weighted by molar-refractivity contribution is -0.104. The van der Waals surface area contributed by atoms with Crippen molar-refractivity contribution >= 4 is 11.8 Å². The van der Waals surface area contributed by atoms with Crippen LogP contribution in [-0.4, -0.2) is 61.6 Å². The van der Waals surface area contributed by atoms with Crippen LogP contribution in [-0.2, 0) is 0 Å². The Morgan fingerprint density at radius 3 is 1.93 bits per heavy atom. The van der Waals surface area contributed by atoms with Crippen molar-refractivity contribution in [2.24, 2.45) is 5.92 Å². The van der Waals surface area contributed by atoms with E-state index in [0.717, 1.165) is 11.8 Å². The van der Waals surface area contributed by atoms with Crippen molar-refractivity contribution in [1.82, 2.24) is 0 Å². The van der Waals surface area contributed by atoms with Gasteiger partial charge >= 0.3 is 0 Å². The lowest BCUT2D eigenvalue weighted by Crippen LogP contribution is -2.46. The first-order valence-corrected chi connectivity index (χ1v) is 5.95. The molecule has 5 nitrogen and oxygen atoms in total. The number of aliphatic hydroxyl groups excluding tert-OH is 5. The van der Waals surface area contributed by atoms with Crippen LogP contribution < -0.4 is 0 Å². The summed E-state index contributed by atoms with van der Waals surface area (Å²) in [5.41, 5.74) is -1.13. The molecular weight excluding hydrogens is 220 g/mol. The zero-order chi connectivity index (χ0) is 12.0. The normalized spacial score (nSPS) is 21.8. The smallest absolute Gasteiger partial charge is 0.128 e. The highest BCUT2D eigenvalue weighted by atomic mass is 32.2. The monoisotopic (exact) mass is 240 g/mol. The van der Waals surface area contributed by atoms with Crippen LogP contribution in [0.4, 0.5) is 0 Å². The Balaban J connectivity index is 4.22. The van der Waals surface area contributed by atoms with E-state index in [9.17, 15) is 20.4 Å². The molecule has 0 rings (SSSR count). The number of hydrogen-bond acceptors (Lipinski definition) is 6. The van der Waals surface area contributed by atoms with Gasteiger partial charge in [-0.25, -0.2) is 0 Å². The van der Waals surface area contributed by atoms with Crippen molar-refractivity contribution < 1.29 is 25.5 Å². The van der Waals surface area contributed by atoms with E-state index in [-0.39, 0.29) is 6.61 Å². The van der Waals surface area contributed by atoms with Gasteiger partial charge in [-0.3, -0.25) is 0 Å². The Morgan fingerprint density at radius 2 is 1.53 bits per heavy atom. The highest BCUT2D eigenvalue weighted by Gasteiger charge is 2.32. The standard InChI is InChI=1S/C9H20O5S/c1-3-15-9(14)8(13)7(12)6(11)5(2)4-10/h5-14H,3-4H2,1-2H3/t5?,6-,7?,8?,9-/m1/s1. The molecule has 0 heterocycles. The molecule has 0 aromatic carbocycles. The molecule has 0 bridgehead atoms. The Labute approximate surface area is 93.8 Å². The van der Waals surface area contributed by atoms with Crippen molar-refractivity contribution in [1.29, 1.82) is 0 Å². The predicted molar refractivity (Wildman–Crippen MR) is 58.4 cm³/mol. The Bertz CT molecular complexity index is 169. The summed E-state index contributed by atoms with van der Waals surface area (Å²) in [6, 6.07) is 0. The molecule has 0 radical (unpaired) electrons. The van der Waals surface area contributed by atoms with E-state index in [2.05, 4.69) is 0 Å². The zero-order valence-corrected chi connectivity index (χ0v) is 9.76. The number of rotatable bonds is 7. The fourth-order valence-corrected chi connectivity index (χ4v) is 1.78. The molecule has 0 amide bonds. The molecule has 92 valence electrons. The average Bonchev–Trinajstić information content (AvgIpc) is 2.25. The van der Waals surface area contributed by atoms with Crippen LogP contribution in [0.1, 0.15) is 13.8 Å². The third-order valence-corrected chi connectivity index (χ3v) is 3.15. The van der Waals surface area contributed by atoms with Gasteiger partial charge in [0.1, 0.15) is 17.6 Å². The first-order valence-electron chi connectivity index (χ1n) is 4.90. The van der Waals surface area contributed by atoms with E-state index in [4.69, 9.17) is 5.11 Å². The summed E-state index contributed by atoms with van der Waals surface area (Å²) in [6.45, 7) is 3.06. The number of hydrogen-bond donors (Lipinski definition) is 5. The van der Waals surface area contributed by atoms with Crippen LogP contribution in [0.2, 0.25) is 0 Å². The molecule has 0 aromatic heterocycles. The maximum absolute atomic E-state index is 9.50. The minimum absolute atomic E-state index is 0.290. The van der Waals surface area contributed by atoms with Gasteiger partial charge in [-0.2, -0.15) is 0 Å². The van der Waals surface area contributed by atoms with Gasteiger partial charge in [0.25, 0.3) is 0 Å². The van der Waals surface area contributed by atoms with Crippen molar-refractivity contribution in [3.63, 3.8) is 0 Å². The second kappa shape index (κ2) is 7.43. The van der Waals surface area contributed by atoms with E-state index in [0.29, 0.717) is 5.75 Å². The summed E-state index contributed by atoms with van der Waals surface area (Å²) in [5, 5.41) is 46.6. The molecule has 6 heteroatoms. The number of thioether (sulfide) groups is 1. The van der Waals surface area contributed by atoms with Gasteiger partial charge < -0.3 is 25.5 Å². The molecule has 0 aromatic rings. The van der Waals surface area contributed by atoms with E-state index in [1.54, 1.807) is 13.8 Å². The fourth-order valence-electron chi connectivity index (χ4n) is 1.08. The summed E-state index contributed by atoms with van der Waals surface area (Å²) in [6.07, 6.45) is -4.13. The van der Waals surface area contributed by atoms with Gasteiger partial charge in [-0.05, 0) is 5.75 Å². The molecule has 0 saturated heterocycles. The molecule has 0 spiro atoms. The second-order valence-corrected chi connectivity index (χ2v) is 4.87. The van der Waals surface area contributed by atoms with Crippen molar-refractivity contribution in [2.45, 2.75) is 37.6 Å². The van der Waals surface area contributed by atoms with Gasteiger partial charge in [-0.1, -0.05) is 13.8 Å². The summed E-state index contributed by atoms with van der Waals surface area (Å²) in [4.78, 5) is 0. The Kier molecular flexibility index (Phi) is 7.50. The SMILES string of the molecule is CCS[C@@H](O)C(O)C(O)[C@H](O)C(C)CO. The van der Waals surface area contributed by atoms with E-state index in [1.165, 1.54) is 0 Å². The number of aliphatic hydroxyl groups is 5. The Hall–Kier alpha value is 0.150. The topological polar surface area (TPSA) is 101 Å². The van der Waals surface area contributed by atoms with E-state index in [1.807, 2.05) is 0 Å². The molecule has 5 N–H and O–H groups in total. The van der Waals surface area contributed by atoms with Gasteiger partial charge in [0, 0.05) is 12.5 Å². The van der Waals surface area contributed by atoms with Crippen LogP contribution in [0.25, 0.3) is 0 Å². The first-order chi connectivity index (χ1) is 6.95. The summed E-state index contributed by atoms with van der Waals surface area (Å²) < 4.78 is 0. The van der Waals surface area contributed by atoms with Crippen LogP contribution in [0.15, 0.2) is 0 Å². The van der Waals surface area contributed by atoms with Gasteiger partial charge in [0.05, 0.1) is 6.10 Å². The minimum Gasteiger partial charge on any atom is -0.396 e. The molecule has 15 heavy (non-hydrogen) atoms. The second-order valence-electron chi connectivity index (χ2n) is 3.48.